The molecule has 0 aliphatic carbocycles. The first kappa shape index (κ1) is 18.0. The zero-order valence-corrected chi connectivity index (χ0v) is 14.0. The molecule has 0 aliphatic heterocycles. The Morgan fingerprint density at radius 3 is 2.67 bits per heavy atom. The molecule has 3 nitrogen and oxygen atoms in total. The van der Waals surface area contributed by atoms with Crippen molar-refractivity contribution in [3.05, 3.63) is 23.9 Å². The van der Waals surface area contributed by atoms with E-state index in [1.165, 1.54) is 37.7 Å². The second-order valence-electron chi connectivity index (χ2n) is 6.14. The highest BCUT2D eigenvalue weighted by atomic mass is 16.5. The third-order valence-corrected chi connectivity index (χ3v) is 3.43. The van der Waals surface area contributed by atoms with Crippen molar-refractivity contribution in [2.75, 3.05) is 13.2 Å². The molecule has 0 fully saturated rings. The normalized spacial score (nSPS) is 11.0. The maximum Gasteiger partial charge on any atom is 0.213 e. The molecule has 0 aromatic carbocycles. The summed E-state index contributed by atoms with van der Waals surface area (Å²) in [5, 5.41) is 3.44. The van der Waals surface area contributed by atoms with Crippen LogP contribution in [0, 0.1) is 5.92 Å². The fourth-order valence-corrected chi connectivity index (χ4v) is 2.20. The summed E-state index contributed by atoms with van der Waals surface area (Å²) in [6, 6.07) is 4.09. The average Bonchev–Trinajstić information content (AvgIpc) is 2.46. The lowest BCUT2D eigenvalue weighted by molar-refractivity contribution is 0.293. The Morgan fingerprint density at radius 1 is 1.14 bits per heavy atom. The molecule has 0 amide bonds. The van der Waals surface area contributed by atoms with Gasteiger partial charge in [-0.1, -0.05) is 52.9 Å². The van der Waals surface area contributed by atoms with E-state index in [4.69, 9.17) is 4.74 Å². The number of pyridine rings is 1. The summed E-state index contributed by atoms with van der Waals surface area (Å²) in [6.45, 7) is 9.38. The van der Waals surface area contributed by atoms with Gasteiger partial charge in [-0.15, -0.1) is 0 Å². The van der Waals surface area contributed by atoms with Crippen LogP contribution in [0.25, 0.3) is 0 Å². The minimum Gasteiger partial charge on any atom is -0.478 e. The number of nitrogens with one attached hydrogen (secondary N) is 1. The van der Waals surface area contributed by atoms with Crippen molar-refractivity contribution < 1.29 is 4.74 Å². The van der Waals surface area contributed by atoms with Gasteiger partial charge in [0.25, 0.3) is 0 Å². The van der Waals surface area contributed by atoms with Crippen molar-refractivity contribution in [3.63, 3.8) is 0 Å². The highest BCUT2D eigenvalue weighted by Gasteiger charge is 2.00. The molecule has 1 heterocycles. The zero-order chi connectivity index (χ0) is 15.3. The topological polar surface area (TPSA) is 34.1 Å². The summed E-state index contributed by atoms with van der Waals surface area (Å²) < 4.78 is 5.74. The van der Waals surface area contributed by atoms with E-state index >= 15 is 0 Å². The minimum absolute atomic E-state index is 0.676. The van der Waals surface area contributed by atoms with E-state index < -0.39 is 0 Å². The quantitative estimate of drug-likeness (QED) is 0.573. The monoisotopic (exact) mass is 292 g/mol. The molecule has 0 radical (unpaired) electrons. The summed E-state index contributed by atoms with van der Waals surface area (Å²) in [5.41, 5.74) is 1.24. The van der Waals surface area contributed by atoms with Gasteiger partial charge in [0.2, 0.25) is 5.88 Å². The van der Waals surface area contributed by atoms with Gasteiger partial charge in [0.05, 0.1) is 6.61 Å². The van der Waals surface area contributed by atoms with Crippen LogP contribution in [0.5, 0.6) is 5.88 Å². The molecule has 21 heavy (non-hydrogen) atoms. The molecule has 0 atom stereocenters. The van der Waals surface area contributed by atoms with Gasteiger partial charge in [-0.25, -0.2) is 4.98 Å². The van der Waals surface area contributed by atoms with Crippen molar-refractivity contribution >= 4 is 0 Å². The molecule has 0 saturated heterocycles. The van der Waals surface area contributed by atoms with Crippen LogP contribution in [0.4, 0.5) is 0 Å². The Hall–Kier alpha value is -1.09. The van der Waals surface area contributed by atoms with Gasteiger partial charge < -0.3 is 10.1 Å². The van der Waals surface area contributed by atoms with E-state index in [1.807, 2.05) is 18.3 Å². The fraction of sp³-hybridized carbons (Fsp3) is 0.722. The molecule has 1 aromatic heterocycles. The van der Waals surface area contributed by atoms with E-state index in [0.717, 1.165) is 32.0 Å². The average molecular weight is 292 g/mol. The Balaban J connectivity index is 2.17. The lowest BCUT2D eigenvalue weighted by Gasteiger charge is -2.09. The first-order valence-electron chi connectivity index (χ1n) is 8.50. The summed E-state index contributed by atoms with van der Waals surface area (Å²) in [7, 11) is 0. The number of unbranched alkanes of at least 4 members (excludes halogenated alkanes) is 5. The highest BCUT2D eigenvalue weighted by Crippen LogP contribution is 2.11. The number of hydrogen-bond acceptors (Lipinski definition) is 3. The van der Waals surface area contributed by atoms with E-state index in [9.17, 15) is 0 Å². The number of ether oxygens (including phenoxy) is 1. The van der Waals surface area contributed by atoms with Gasteiger partial charge >= 0.3 is 0 Å². The number of rotatable bonds is 12. The van der Waals surface area contributed by atoms with Crippen LogP contribution >= 0.6 is 0 Å². The molecule has 3 heteroatoms. The standard InChI is InChI=1S/C18H32N2O/c1-4-5-6-7-8-9-12-21-18-13-17(10-11-20-18)15-19-14-16(2)3/h10-11,13,16,19H,4-9,12,14-15H2,1-3H3. The fourth-order valence-electron chi connectivity index (χ4n) is 2.20. The minimum atomic E-state index is 0.676. The van der Waals surface area contributed by atoms with Crippen LogP contribution in [0.1, 0.15) is 64.9 Å². The van der Waals surface area contributed by atoms with Crippen molar-refractivity contribution in [3.8, 4) is 5.88 Å². The van der Waals surface area contributed by atoms with Crippen LogP contribution in [0.3, 0.4) is 0 Å². The Kier molecular flexibility index (Phi) is 9.88. The predicted octanol–water partition coefficient (Wildman–Crippen LogP) is 4.57. The molecule has 1 rings (SSSR count). The molecule has 1 N–H and O–H groups in total. The van der Waals surface area contributed by atoms with Gasteiger partial charge in [-0.2, -0.15) is 0 Å². The SMILES string of the molecule is CCCCCCCCOc1cc(CNCC(C)C)ccn1. The van der Waals surface area contributed by atoms with E-state index in [-0.39, 0.29) is 0 Å². The molecule has 0 unspecified atom stereocenters. The molecule has 0 aliphatic rings. The van der Waals surface area contributed by atoms with E-state index in [1.54, 1.807) is 0 Å². The Labute approximate surface area is 130 Å². The zero-order valence-electron chi connectivity index (χ0n) is 14.0. The highest BCUT2D eigenvalue weighted by molar-refractivity contribution is 5.20. The predicted molar refractivity (Wildman–Crippen MR) is 89.7 cm³/mol. The van der Waals surface area contributed by atoms with Gasteiger partial charge in [-0.05, 0) is 30.5 Å². The van der Waals surface area contributed by atoms with Crippen LogP contribution in [-0.4, -0.2) is 18.1 Å². The van der Waals surface area contributed by atoms with Gasteiger partial charge in [0.1, 0.15) is 0 Å². The molecule has 120 valence electrons. The Morgan fingerprint density at radius 2 is 1.90 bits per heavy atom. The first-order valence-corrected chi connectivity index (χ1v) is 8.50. The number of aromatic nitrogens is 1. The van der Waals surface area contributed by atoms with Gasteiger partial charge in [0.15, 0.2) is 0 Å². The summed E-state index contributed by atoms with van der Waals surface area (Å²) in [4.78, 5) is 4.28. The van der Waals surface area contributed by atoms with Crippen LogP contribution in [-0.2, 0) is 6.54 Å². The Bertz CT molecular complexity index is 366. The smallest absolute Gasteiger partial charge is 0.213 e. The lowest BCUT2D eigenvalue weighted by Crippen LogP contribution is -2.19. The number of nitrogens with zero attached hydrogens (tertiary/aromatic N) is 1. The summed E-state index contributed by atoms with van der Waals surface area (Å²) in [6.07, 6.45) is 9.56. The second kappa shape index (κ2) is 11.6. The maximum atomic E-state index is 5.74. The summed E-state index contributed by atoms with van der Waals surface area (Å²) >= 11 is 0. The van der Waals surface area contributed by atoms with E-state index in [2.05, 4.69) is 31.1 Å². The van der Waals surface area contributed by atoms with E-state index in [0.29, 0.717) is 5.92 Å². The molecular weight excluding hydrogens is 260 g/mol. The molecule has 0 saturated carbocycles. The summed E-state index contributed by atoms with van der Waals surface area (Å²) in [5.74, 6) is 1.43. The lowest BCUT2D eigenvalue weighted by atomic mass is 10.1. The molecular formula is C18H32N2O. The molecule has 1 aromatic rings. The van der Waals surface area contributed by atoms with Gasteiger partial charge in [0, 0.05) is 18.8 Å². The van der Waals surface area contributed by atoms with Crippen LogP contribution < -0.4 is 10.1 Å². The third kappa shape index (κ3) is 9.46. The maximum absolute atomic E-state index is 5.74. The van der Waals surface area contributed by atoms with Crippen LogP contribution in [0.15, 0.2) is 18.3 Å². The van der Waals surface area contributed by atoms with Gasteiger partial charge in [-0.3, -0.25) is 0 Å². The van der Waals surface area contributed by atoms with Crippen molar-refractivity contribution in [2.45, 2.75) is 65.8 Å². The largest absolute Gasteiger partial charge is 0.478 e. The van der Waals surface area contributed by atoms with Crippen molar-refractivity contribution in [1.82, 2.24) is 10.3 Å². The van der Waals surface area contributed by atoms with Crippen molar-refractivity contribution in [1.29, 1.82) is 0 Å². The first-order chi connectivity index (χ1) is 10.2. The molecule has 0 bridgehead atoms. The third-order valence-electron chi connectivity index (χ3n) is 3.43. The second-order valence-corrected chi connectivity index (χ2v) is 6.14. The van der Waals surface area contributed by atoms with Crippen LogP contribution in [0.2, 0.25) is 0 Å². The van der Waals surface area contributed by atoms with Crippen molar-refractivity contribution in [2.24, 2.45) is 5.92 Å². The number of hydrogen-bond donors (Lipinski definition) is 1. The molecule has 0 spiro atoms.